The fraction of sp³-hybridized carbons (Fsp3) is 0.421. The summed E-state index contributed by atoms with van der Waals surface area (Å²) in [6, 6.07) is 6.62. The number of barbiturate groups is 1. The second kappa shape index (κ2) is 6.32. The molecule has 0 atom stereocenters. The number of benzene rings is 1. The van der Waals surface area contributed by atoms with Gasteiger partial charge in [0.05, 0.1) is 11.2 Å². The fourth-order valence-corrected chi connectivity index (χ4v) is 2.92. The van der Waals surface area contributed by atoms with Gasteiger partial charge in [-0.05, 0) is 44.8 Å². The van der Waals surface area contributed by atoms with Crippen LogP contribution < -0.4 is 5.46 Å². The molecule has 0 saturated carbocycles. The van der Waals surface area contributed by atoms with Crippen LogP contribution >= 0.6 is 0 Å². The Morgan fingerprint density at radius 1 is 0.926 bits per heavy atom. The molecule has 2 aliphatic heterocycles. The Hall–Kier alpha value is -2.45. The summed E-state index contributed by atoms with van der Waals surface area (Å²) in [7, 11) is 2.16. The topological polar surface area (TPSA) is 76.2 Å². The lowest BCUT2D eigenvalue weighted by Crippen LogP contribution is -2.52. The highest BCUT2D eigenvalue weighted by Gasteiger charge is 2.51. The van der Waals surface area contributed by atoms with E-state index in [0.29, 0.717) is 5.56 Å². The molecule has 0 bridgehead atoms. The lowest BCUT2D eigenvalue weighted by atomic mass is 9.78. The highest BCUT2D eigenvalue weighted by atomic mass is 16.7. The number of urea groups is 1. The number of amides is 4. The average Bonchev–Trinajstić information content (AvgIpc) is 2.83. The molecule has 2 aliphatic rings. The van der Waals surface area contributed by atoms with Gasteiger partial charge in [-0.15, -0.1) is 0 Å². The zero-order valence-corrected chi connectivity index (χ0v) is 16.4. The second-order valence-electron chi connectivity index (χ2n) is 7.83. The zero-order chi connectivity index (χ0) is 20.1. The van der Waals surface area contributed by atoms with Crippen molar-refractivity contribution in [1.82, 2.24) is 9.80 Å². The van der Waals surface area contributed by atoms with Crippen LogP contribution in [0.4, 0.5) is 4.79 Å². The van der Waals surface area contributed by atoms with Crippen LogP contribution in [0.25, 0.3) is 6.08 Å². The van der Waals surface area contributed by atoms with Crippen molar-refractivity contribution in [2.45, 2.75) is 38.9 Å². The first kappa shape index (κ1) is 19.3. The number of nitrogens with zero attached hydrogens (tertiary/aromatic N) is 2. The molecule has 3 rings (SSSR count). The smallest absolute Gasteiger partial charge is 0.399 e. The number of hydrogen-bond donors (Lipinski definition) is 0. The predicted octanol–water partition coefficient (Wildman–Crippen LogP) is 1.42. The minimum Gasteiger partial charge on any atom is -0.399 e. The van der Waals surface area contributed by atoms with Gasteiger partial charge in [0, 0.05) is 14.1 Å². The minimum atomic E-state index is -0.645. The third-order valence-corrected chi connectivity index (χ3v) is 5.39. The molecule has 0 aromatic heterocycles. The summed E-state index contributed by atoms with van der Waals surface area (Å²) in [5.41, 5.74) is 0.442. The maximum absolute atomic E-state index is 12.3. The molecular weight excluding hydrogens is 347 g/mol. The van der Waals surface area contributed by atoms with E-state index in [1.807, 2.05) is 45.9 Å². The number of imide groups is 2. The molecule has 0 aliphatic carbocycles. The second-order valence-corrected chi connectivity index (χ2v) is 7.83. The largest absolute Gasteiger partial charge is 0.494 e. The monoisotopic (exact) mass is 370 g/mol. The van der Waals surface area contributed by atoms with E-state index in [4.69, 9.17) is 9.31 Å². The molecule has 2 heterocycles. The van der Waals surface area contributed by atoms with Crippen LogP contribution in [-0.2, 0) is 18.9 Å². The van der Waals surface area contributed by atoms with Gasteiger partial charge in [0.1, 0.15) is 5.57 Å². The number of carbonyl (C=O) groups excluding carboxylic acids is 3. The predicted molar refractivity (Wildman–Crippen MR) is 101 cm³/mol. The minimum absolute atomic E-state index is 0.0642. The number of likely N-dealkylation sites (N-methyl/N-ethyl adjacent to an activating group) is 2. The third kappa shape index (κ3) is 3.19. The third-order valence-electron chi connectivity index (χ3n) is 5.39. The van der Waals surface area contributed by atoms with E-state index in [-0.39, 0.29) is 5.57 Å². The Balaban J connectivity index is 1.93. The molecule has 2 saturated heterocycles. The van der Waals surface area contributed by atoms with Gasteiger partial charge < -0.3 is 9.31 Å². The van der Waals surface area contributed by atoms with Crippen LogP contribution in [0.15, 0.2) is 29.8 Å². The van der Waals surface area contributed by atoms with Crippen molar-refractivity contribution >= 4 is 36.5 Å². The van der Waals surface area contributed by atoms with E-state index in [1.54, 1.807) is 6.07 Å². The summed E-state index contributed by atoms with van der Waals surface area (Å²) in [4.78, 5) is 38.4. The Kier molecular flexibility index (Phi) is 4.52. The molecule has 7 nitrogen and oxygen atoms in total. The molecule has 0 radical (unpaired) electrons. The highest BCUT2D eigenvalue weighted by Crippen LogP contribution is 2.36. The summed E-state index contributed by atoms with van der Waals surface area (Å²) >= 11 is 0. The van der Waals surface area contributed by atoms with Crippen molar-refractivity contribution in [2.24, 2.45) is 0 Å². The standard InChI is InChI=1S/C19H23BN2O5/c1-18(2)19(3,4)27-20(26-18)13-9-7-8-12(10-13)11-14-15(23)21(5)17(25)22(6)16(14)24/h7-11H,1-6H3. The molecule has 4 amide bonds. The van der Waals surface area contributed by atoms with Gasteiger partial charge in [0.25, 0.3) is 11.8 Å². The summed E-state index contributed by atoms with van der Waals surface area (Å²) in [5, 5.41) is 0. The van der Waals surface area contributed by atoms with Crippen LogP contribution in [0.5, 0.6) is 0 Å². The first-order valence-electron chi connectivity index (χ1n) is 8.72. The molecule has 1 aromatic rings. The Bertz CT molecular complexity index is 819. The summed E-state index contributed by atoms with van der Waals surface area (Å²) < 4.78 is 12.1. The van der Waals surface area contributed by atoms with Crippen LogP contribution in [0.3, 0.4) is 0 Å². The van der Waals surface area contributed by atoms with Gasteiger partial charge in [-0.3, -0.25) is 19.4 Å². The fourth-order valence-electron chi connectivity index (χ4n) is 2.92. The lowest BCUT2D eigenvalue weighted by molar-refractivity contribution is -0.134. The van der Waals surface area contributed by atoms with Gasteiger partial charge in [-0.25, -0.2) is 4.79 Å². The summed E-state index contributed by atoms with van der Waals surface area (Å²) in [6.45, 7) is 7.89. The number of hydrogen-bond acceptors (Lipinski definition) is 5. The van der Waals surface area contributed by atoms with Gasteiger partial charge in [-0.1, -0.05) is 24.3 Å². The van der Waals surface area contributed by atoms with E-state index >= 15 is 0 Å². The Morgan fingerprint density at radius 2 is 1.44 bits per heavy atom. The normalized spacial score (nSPS) is 21.9. The van der Waals surface area contributed by atoms with Crippen molar-refractivity contribution < 1.29 is 23.7 Å². The molecule has 0 N–H and O–H groups in total. The van der Waals surface area contributed by atoms with E-state index < -0.39 is 36.2 Å². The van der Waals surface area contributed by atoms with E-state index in [1.165, 1.54) is 20.2 Å². The number of carbonyl (C=O) groups is 3. The van der Waals surface area contributed by atoms with Gasteiger partial charge in [0.15, 0.2) is 0 Å². The van der Waals surface area contributed by atoms with E-state index in [2.05, 4.69) is 0 Å². The van der Waals surface area contributed by atoms with Crippen molar-refractivity contribution in [3.8, 4) is 0 Å². The first-order valence-corrected chi connectivity index (χ1v) is 8.72. The van der Waals surface area contributed by atoms with Crippen molar-refractivity contribution in [3.05, 3.63) is 35.4 Å². The molecular formula is C19H23BN2O5. The Labute approximate surface area is 159 Å². The maximum atomic E-state index is 12.3. The molecule has 0 spiro atoms. The average molecular weight is 370 g/mol. The van der Waals surface area contributed by atoms with Crippen LogP contribution in [-0.4, -0.2) is 60.1 Å². The first-order chi connectivity index (χ1) is 12.4. The van der Waals surface area contributed by atoms with Gasteiger partial charge in [0.2, 0.25) is 0 Å². The van der Waals surface area contributed by atoms with Crippen LogP contribution in [0, 0.1) is 0 Å². The SMILES string of the molecule is CN1C(=O)C(=Cc2cccc(B3OC(C)(C)C(C)(C)O3)c2)C(=O)N(C)C1=O. The maximum Gasteiger partial charge on any atom is 0.494 e. The molecule has 142 valence electrons. The van der Waals surface area contributed by atoms with Crippen LogP contribution in [0.2, 0.25) is 0 Å². The van der Waals surface area contributed by atoms with Gasteiger partial charge in [-0.2, -0.15) is 0 Å². The zero-order valence-electron chi connectivity index (χ0n) is 16.4. The summed E-state index contributed by atoms with van der Waals surface area (Å²) in [6.07, 6.45) is 1.48. The van der Waals surface area contributed by atoms with Gasteiger partial charge >= 0.3 is 13.1 Å². The highest BCUT2D eigenvalue weighted by molar-refractivity contribution is 6.62. The van der Waals surface area contributed by atoms with E-state index in [0.717, 1.165) is 15.3 Å². The molecule has 2 fully saturated rings. The van der Waals surface area contributed by atoms with Crippen molar-refractivity contribution in [1.29, 1.82) is 0 Å². The molecule has 0 unspecified atom stereocenters. The Morgan fingerprint density at radius 3 is 1.96 bits per heavy atom. The number of rotatable bonds is 2. The molecule has 8 heteroatoms. The molecule has 27 heavy (non-hydrogen) atoms. The summed E-state index contributed by atoms with van der Waals surface area (Å²) in [5.74, 6) is -1.24. The van der Waals surface area contributed by atoms with E-state index in [9.17, 15) is 14.4 Å². The van der Waals surface area contributed by atoms with Crippen molar-refractivity contribution in [2.75, 3.05) is 14.1 Å². The van der Waals surface area contributed by atoms with Crippen LogP contribution in [0.1, 0.15) is 33.3 Å². The molecule has 1 aromatic carbocycles. The van der Waals surface area contributed by atoms with Crippen molar-refractivity contribution in [3.63, 3.8) is 0 Å². The quantitative estimate of drug-likeness (QED) is 0.447. The lowest BCUT2D eigenvalue weighted by Gasteiger charge is -2.32.